The third-order valence-corrected chi connectivity index (χ3v) is 6.05. The first-order valence-electron chi connectivity index (χ1n) is 11.4. The Morgan fingerprint density at radius 3 is 2.53 bits per heavy atom. The second-order valence-corrected chi connectivity index (χ2v) is 9.14. The first-order valence-corrected chi connectivity index (χ1v) is 11.4. The van der Waals surface area contributed by atoms with Crippen LogP contribution in [0.4, 0.5) is 10.2 Å². The number of nitrogens with one attached hydrogen (secondary N) is 2. The van der Waals surface area contributed by atoms with Crippen LogP contribution in [-0.4, -0.2) is 67.8 Å². The number of anilines is 1. The van der Waals surface area contributed by atoms with E-state index in [1.807, 2.05) is 25.7 Å². The molecule has 11 heteroatoms. The zero-order chi connectivity index (χ0) is 25.9. The summed E-state index contributed by atoms with van der Waals surface area (Å²) in [6.45, 7) is 7.14. The number of carbonyl (C=O) groups is 2. The third kappa shape index (κ3) is 5.74. The second-order valence-electron chi connectivity index (χ2n) is 9.14. The zero-order valence-corrected chi connectivity index (χ0v) is 20.2. The number of aromatic amines is 1. The van der Waals surface area contributed by atoms with Crippen molar-refractivity contribution in [2.24, 2.45) is 0 Å². The molecule has 0 bridgehead atoms. The van der Waals surface area contributed by atoms with E-state index >= 15 is 0 Å². The normalized spacial score (nSPS) is 16.3. The van der Waals surface area contributed by atoms with Gasteiger partial charge in [-0.25, -0.2) is 14.4 Å². The lowest BCUT2D eigenvalue weighted by Crippen LogP contribution is -2.63. The lowest BCUT2D eigenvalue weighted by atomic mass is 9.96. The third-order valence-electron chi connectivity index (χ3n) is 6.05. The largest absolute Gasteiger partial charge is 0.437 e. The van der Waals surface area contributed by atoms with Crippen LogP contribution in [0.3, 0.4) is 0 Å². The van der Waals surface area contributed by atoms with Crippen molar-refractivity contribution in [2.75, 3.05) is 25.0 Å². The fourth-order valence-corrected chi connectivity index (χ4v) is 4.05. The summed E-state index contributed by atoms with van der Waals surface area (Å²) < 4.78 is 18.5. The zero-order valence-electron chi connectivity index (χ0n) is 20.2. The van der Waals surface area contributed by atoms with E-state index in [2.05, 4.69) is 20.3 Å². The van der Waals surface area contributed by atoms with Gasteiger partial charge in [-0.3, -0.25) is 19.3 Å². The summed E-state index contributed by atoms with van der Waals surface area (Å²) in [5.41, 5.74) is -0.390. The summed E-state index contributed by atoms with van der Waals surface area (Å²) in [5.74, 6) is 0.118. The number of nitrogens with zero attached hydrogens (tertiary/aromatic N) is 4. The molecule has 2 N–H and O–H groups in total. The number of H-pyrrole nitrogens is 1. The van der Waals surface area contributed by atoms with Gasteiger partial charge in [0, 0.05) is 38.0 Å². The quantitative estimate of drug-likeness (QED) is 0.541. The Bertz CT molecular complexity index is 1270. The van der Waals surface area contributed by atoms with Crippen LogP contribution < -0.4 is 15.6 Å². The van der Waals surface area contributed by atoms with Crippen LogP contribution in [-0.2, 0) is 4.79 Å². The van der Waals surface area contributed by atoms with Crippen LogP contribution in [0.1, 0.15) is 31.1 Å². The molecule has 1 saturated heterocycles. The van der Waals surface area contributed by atoms with Crippen molar-refractivity contribution >= 4 is 17.6 Å². The summed E-state index contributed by atoms with van der Waals surface area (Å²) in [5, 5.41) is 2.80. The molecule has 0 spiro atoms. The maximum atomic E-state index is 13.0. The number of rotatable bonds is 6. The summed E-state index contributed by atoms with van der Waals surface area (Å²) in [6, 6.07) is 8.26. The summed E-state index contributed by atoms with van der Waals surface area (Å²) in [6.07, 6.45) is 3.91. The molecular formula is C25H27FN6O4. The summed E-state index contributed by atoms with van der Waals surface area (Å²) >= 11 is 0. The Kier molecular flexibility index (Phi) is 7.11. The van der Waals surface area contributed by atoms with Gasteiger partial charge >= 0.3 is 0 Å². The molecule has 4 rings (SSSR count). The van der Waals surface area contributed by atoms with E-state index in [0.717, 1.165) is 6.20 Å². The average Bonchev–Trinajstić information content (AvgIpc) is 2.85. The number of aromatic nitrogens is 3. The molecular weight excluding hydrogens is 467 g/mol. The van der Waals surface area contributed by atoms with E-state index in [1.54, 1.807) is 17.0 Å². The fraction of sp³-hybridized carbons (Fsp3) is 0.320. The fourth-order valence-electron chi connectivity index (χ4n) is 4.05. The van der Waals surface area contributed by atoms with Crippen LogP contribution in [0, 0.1) is 5.82 Å². The number of pyridine rings is 3. The number of hydrogen-bond acceptors (Lipinski definition) is 7. The molecule has 0 radical (unpaired) electrons. The molecule has 0 aliphatic carbocycles. The Labute approximate surface area is 207 Å². The smallest absolute Gasteiger partial charge is 0.255 e. The number of carbonyl (C=O) groups excluding carboxylic acids is 2. The molecule has 4 heterocycles. The van der Waals surface area contributed by atoms with Gasteiger partial charge < -0.3 is 19.9 Å². The monoisotopic (exact) mass is 494 g/mol. The molecule has 0 saturated carbocycles. The summed E-state index contributed by atoms with van der Waals surface area (Å²) in [4.78, 5) is 51.6. The van der Waals surface area contributed by atoms with E-state index in [-0.39, 0.29) is 23.3 Å². The number of piperazine rings is 1. The lowest BCUT2D eigenvalue weighted by molar-refractivity contribution is -0.122. The van der Waals surface area contributed by atoms with Gasteiger partial charge in [0.15, 0.2) is 0 Å². The van der Waals surface area contributed by atoms with E-state index in [1.165, 1.54) is 36.7 Å². The maximum absolute atomic E-state index is 13.0. The molecule has 0 aromatic carbocycles. The lowest BCUT2D eigenvalue weighted by Gasteiger charge is -2.48. The highest BCUT2D eigenvalue weighted by atomic mass is 19.1. The first-order chi connectivity index (χ1) is 17.1. The van der Waals surface area contributed by atoms with Gasteiger partial charge in [0.25, 0.3) is 5.91 Å². The van der Waals surface area contributed by atoms with Crippen molar-refractivity contribution in [3.8, 4) is 11.6 Å². The van der Waals surface area contributed by atoms with Gasteiger partial charge in [-0.1, -0.05) is 0 Å². The topological polar surface area (TPSA) is 121 Å². The minimum absolute atomic E-state index is 0.171. The summed E-state index contributed by atoms with van der Waals surface area (Å²) in [7, 11) is 0. The van der Waals surface area contributed by atoms with E-state index in [9.17, 15) is 18.8 Å². The second kappa shape index (κ2) is 10.2. The highest BCUT2D eigenvalue weighted by molar-refractivity contribution is 5.95. The molecule has 1 atom stereocenters. The van der Waals surface area contributed by atoms with Crippen LogP contribution in [0.25, 0.3) is 0 Å². The van der Waals surface area contributed by atoms with Crippen LogP contribution in [0.5, 0.6) is 11.6 Å². The molecule has 188 valence electrons. The predicted octanol–water partition coefficient (Wildman–Crippen LogP) is 2.66. The number of hydrogen-bond donors (Lipinski definition) is 2. The molecule has 36 heavy (non-hydrogen) atoms. The van der Waals surface area contributed by atoms with Gasteiger partial charge in [-0.15, -0.1) is 0 Å². The minimum atomic E-state index is -0.536. The Morgan fingerprint density at radius 1 is 1.11 bits per heavy atom. The maximum Gasteiger partial charge on any atom is 0.255 e. The van der Waals surface area contributed by atoms with Crippen molar-refractivity contribution in [1.29, 1.82) is 0 Å². The van der Waals surface area contributed by atoms with Gasteiger partial charge in [-0.05, 0) is 45.0 Å². The first kappa shape index (κ1) is 25.0. The van der Waals surface area contributed by atoms with Gasteiger partial charge in [0.2, 0.25) is 17.3 Å². The van der Waals surface area contributed by atoms with E-state index in [0.29, 0.717) is 36.8 Å². The molecule has 0 unspecified atom stereocenters. The minimum Gasteiger partial charge on any atom is -0.437 e. The van der Waals surface area contributed by atoms with Crippen molar-refractivity contribution < 1.29 is 18.7 Å². The van der Waals surface area contributed by atoms with Crippen molar-refractivity contribution in [1.82, 2.24) is 24.8 Å². The standard InChI is InChI=1S/C25H27FN6O4/c1-16(23(34)30-20-7-6-19(14-27-20)36-22-9-5-18(26)13-29-22)31-10-11-32(25(2,3)15-31)24(35)17-4-8-21(33)28-12-17/h4-9,12-14,16H,10-11,15H2,1-3H3,(H,28,33)(H,27,30,34)/t16-/m0/s1. The van der Waals surface area contributed by atoms with Crippen molar-refractivity contribution in [2.45, 2.75) is 32.4 Å². The van der Waals surface area contributed by atoms with Gasteiger partial charge in [0.05, 0.1) is 29.5 Å². The molecule has 1 fully saturated rings. The predicted molar refractivity (Wildman–Crippen MR) is 130 cm³/mol. The molecule has 1 aliphatic rings. The van der Waals surface area contributed by atoms with Crippen LogP contribution >= 0.6 is 0 Å². The molecule has 2 amide bonds. The molecule has 10 nitrogen and oxygen atoms in total. The number of amides is 2. The van der Waals surface area contributed by atoms with Crippen molar-refractivity contribution in [3.63, 3.8) is 0 Å². The number of halogens is 1. The average molecular weight is 495 g/mol. The number of ether oxygens (including phenoxy) is 1. The highest BCUT2D eigenvalue weighted by Crippen LogP contribution is 2.25. The Hall–Kier alpha value is -4.12. The van der Waals surface area contributed by atoms with Crippen LogP contribution in [0.2, 0.25) is 0 Å². The highest BCUT2D eigenvalue weighted by Gasteiger charge is 2.39. The molecule has 3 aromatic heterocycles. The molecule has 1 aliphatic heterocycles. The Balaban J connectivity index is 1.34. The van der Waals surface area contributed by atoms with Crippen LogP contribution in [0.15, 0.2) is 59.8 Å². The van der Waals surface area contributed by atoms with Crippen molar-refractivity contribution in [3.05, 3.63) is 76.7 Å². The van der Waals surface area contributed by atoms with E-state index in [4.69, 9.17) is 4.74 Å². The molecule has 3 aromatic rings. The van der Waals surface area contributed by atoms with E-state index < -0.39 is 17.4 Å². The van der Waals surface area contributed by atoms with Gasteiger partial charge in [0.1, 0.15) is 17.4 Å². The Morgan fingerprint density at radius 2 is 1.92 bits per heavy atom. The SMILES string of the molecule is C[C@@H](C(=O)Nc1ccc(Oc2ccc(F)cn2)cn1)N1CCN(C(=O)c2ccc(=O)[nH]c2)C(C)(C)C1. The van der Waals surface area contributed by atoms with Gasteiger partial charge in [-0.2, -0.15) is 0 Å².